The average Bonchev–Trinajstić information content (AvgIpc) is 3.21. The molecule has 1 aliphatic heterocycles. The van der Waals surface area contributed by atoms with Gasteiger partial charge in [-0.15, -0.1) is 0 Å². The van der Waals surface area contributed by atoms with Gasteiger partial charge in [0, 0.05) is 0 Å². The third-order valence-corrected chi connectivity index (χ3v) is 3.10. The molecule has 0 N–H and O–H groups in total. The number of allylic oxidation sites excluding steroid dienone is 2. The molecule has 1 saturated heterocycles. The number of hydrogen-bond donors (Lipinski definition) is 0. The predicted octanol–water partition coefficient (Wildman–Crippen LogP) is 3.75. The van der Waals surface area contributed by atoms with Crippen LogP contribution < -0.4 is 4.74 Å². The highest BCUT2D eigenvalue weighted by Crippen LogP contribution is 2.22. The minimum Gasteiger partial charge on any atom is -0.491 e. The highest BCUT2D eigenvalue weighted by Gasteiger charge is 2.23. The van der Waals surface area contributed by atoms with E-state index >= 15 is 0 Å². The number of hydrogen-bond acceptors (Lipinski definition) is 2. The molecule has 2 heteroatoms. The van der Waals surface area contributed by atoms with Gasteiger partial charge in [-0.05, 0) is 44.2 Å². The molecule has 0 bridgehead atoms. The molecule has 1 aliphatic rings. The van der Waals surface area contributed by atoms with Gasteiger partial charge >= 0.3 is 0 Å². The Balaban J connectivity index is 1.78. The Bertz CT molecular complexity index is 380. The summed E-state index contributed by atoms with van der Waals surface area (Å²) in [5.41, 5.74) is 1.32. The van der Waals surface area contributed by atoms with E-state index < -0.39 is 0 Å². The molecule has 1 aromatic carbocycles. The van der Waals surface area contributed by atoms with Gasteiger partial charge in [-0.2, -0.15) is 0 Å². The predicted molar refractivity (Wildman–Crippen MR) is 74.0 cm³/mol. The van der Waals surface area contributed by atoms with Gasteiger partial charge in [0.1, 0.15) is 18.5 Å². The summed E-state index contributed by atoms with van der Waals surface area (Å²) in [6.07, 6.45) is 9.40. The summed E-state index contributed by atoms with van der Waals surface area (Å²) in [5, 5.41) is 0. The van der Waals surface area contributed by atoms with Gasteiger partial charge in [-0.25, -0.2) is 0 Å². The molecule has 2 rings (SSSR count). The summed E-state index contributed by atoms with van der Waals surface area (Å²) in [5.74, 6) is 1.03. The number of benzene rings is 1. The molecular formula is C16H22O2. The number of unbranched alkanes of at least 4 members (excludes halogenated alkanes) is 2. The van der Waals surface area contributed by atoms with E-state index in [1.54, 1.807) is 0 Å². The lowest BCUT2D eigenvalue weighted by atomic mass is 10.1. The van der Waals surface area contributed by atoms with Crippen molar-refractivity contribution in [3.05, 3.63) is 42.0 Å². The SMILES string of the molecule is C/C=C/CCCCc1ccccc1OCC1CO1. The lowest BCUT2D eigenvalue weighted by Crippen LogP contribution is -2.05. The zero-order valence-corrected chi connectivity index (χ0v) is 11.1. The standard InChI is InChI=1S/C16H22O2/c1-2-3-4-5-6-9-14-10-7-8-11-16(14)18-13-15-12-17-15/h2-3,7-8,10-11,15H,4-6,9,12-13H2,1H3/b3-2+. The Morgan fingerprint density at radius 2 is 2.17 bits per heavy atom. The fourth-order valence-electron chi connectivity index (χ4n) is 1.94. The van der Waals surface area contributed by atoms with E-state index in [-0.39, 0.29) is 0 Å². The van der Waals surface area contributed by atoms with Crippen LogP contribution >= 0.6 is 0 Å². The van der Waals surface area contributed by atoms with Crippen molar-refractivity contribution in [2.45, 2.75) is 38.7 Å². The van der Waals surface area contributed by atoms with E-state index in [0.29, 0.717) is 12.7 Å². The quantitative estimate of drug-likeness (QED) is 0.396. The van der Waals surface area contributed by atoms with Gasteiger partial charge in [0.15, 0.2) is 0 Å². The number of para-hydroxylation sites is 1. The zero-order valence-electron chi connectivity index (χ0n) is 11.1. The highest BCUT2D eigenvalue weighted by atomic mass is 16.6. The van der Waals surface area contributed by atoms with E-state index in [1.165, 1.54) is 24.8 Å². The van der Waals surface area contributed by atoms with Crippen LogP contribution in [-0.2, 0) is 11.2 Å². The molecule has 2 nitrogen and oxygen atoms in total. The van der Waals surface area contributed by atoms with Crippen molar-refractivity contribution in [3.63, 3.8) is 0 Å². The number of aryl methyl sites for hydroxylation is 1. The summed E-state index contributed by atoms with van der Waals surface area (Å²) in [7, 11) is 0. The minimum atomic E-state index is 0.327. The molecule has 0 spiro atoms. The Hall–Kier alpha value is -1.28. The summed E-state index contributed by atoms with van der Waals surface area (Å²) in [6.45, 7) is 3.62. The maximum atomic E-state index is 5.80. The first-order valence-electron chi connectivity index (χ1n) is 6.83. The van der Waals surface area contributed by atoms with Crippen molar-refractivity contribution in [2.75, 3.05) is 13.2 Å². The lowest BCUT2D eigenvalue weighted by Gasteiger charge is -2.10. The number of ether oxygens (including phenoxy) is 2. The first-order chi connectivity index (χ1) is 8.90. The fraction of sp³-hybridized carbons (Fsp3) is 0.500. The summed E-state index contributed by atoms with van der Waals surface area (Å²) in [6, 6.07) is 8.34. The second-order valence-electron chi connectivity index (χ2n) is 4.69. The number of epoxide rings is 1. The Labute approximate surface area is 110 Å². The Kier molecular flexibility index (Phi) is 5.28. The average molecular weight is 246 g/mol. The molecule has 1 unspecified atom stereocenters. The zero-order chi connectivity index (χ0) is 12.6. The first-order valence-corrected chi connectivity index (χ1v) is 6.83. The lowest BCUT2D eigenvalue weighted by molar-refractivity contribution is 0.261. The number of rotatable bonds is 8. The van der Waals surface area contributed by atoms with Gasteiger partial charge in [-0.1, -0.05) is 30.4 Å². The molecule has 1 fully saturated rings. The van der Waals surface area contributed by atoms with Crippen molar-refractivity contribution < 1.29 is 9.47 Å². The van der Waals surface area contributed by atoms with Crippen LogP contribution in [0.2, 0.25) is 0 Å². The molecular weight excluding hydrogens is 224 g/mol. The molecule has 0 aromatic heterocycles. The van der Waals surface area contributed by atoms with Gasteiger partial charge in [0.05, 0.1) is 6.61 Å². The Morgan fingerprint density at radius 3 is 2.94 bits per heavy atom. The van der Waals surface area contributed by atoms with Crippen molar-refractivity contribution in [1.82, 2.24) is 0 Å². The summed E-state index contributed by atoms with van der Waals surface area (Å²) >= 11 is 0. The highest BCUT2D eigenvalue weighted by molar-refractivity contribution is 5.33. The fourth-order valence-corrected chi connectivity index (χ4v) is 1.94. The van der Waals surface area contributed by atoms with E-state index in [4.69, 9.17) is 9.47 Å². The topological polar surface area (TPSA) is 21.8 Å². The molecule has 1 atom stereocenters. The second-order valence-corrected chi connectivity index (χ2v) is 4.69. The molecule has 0 amide bonds. The van der Waals surface area contributed by atoms with Crippen LogP contribution in [0.25, 0.3) is 0 Å². The van der Waals surface area contributed by atoms with E-state index in [1.807, 2.05) is 6.07 Å². The van der Waals surface area contributed by atoms with Gasteiger partial charge in [-0.3, -0.25) is 0 Å². The third-order valence-electron chi connectivity index (χ3n) is 3.10. The molecule has 18 heavy (non-hydrogen) atoms. The van der Waals surface area contributed by atoms with Gasteiger partial charge in [0.25, 0.3) is 0 Å². The van der Waals surface area contributed by atoms with E-state index in [2.05, 4.69) is 37.3 Å². The van der Waals surface area contributed by atoms with Crippen LogP contribution in [-0.4, -0.2) is 19.3 Å². The van der Waals surface area contributed by atoms with Crippen LogP contribution in [0.4, 0.5) is 0 Å². The van der Waals surface area contributed by atoms with Crippen molar-refractivity contribution in [1.29, 1.82) is 0 Å². The maximum absolute atomic E-state index is 5.80. The minimum absolute atomic E-state index is 0.327. The van der Waals surface area contributed by atoms with Crippen LogP contribution in [0, 0.1) is 0 Å². The molecule has 0 saturated carbocycles. The van der Waals surface area contributed by atoms with Crippen LogP contribution in [0.5, 0.6) is 5.75 Å². The molecule has 0 radical (unpaired) electrons. The smallest absolute Gasteiger partial charge is 0.122 e. The van der Waals surface area contributed by atoms with E-state index in [9.17, 15) is 0 Å². The third kappa shape index (κ3) is 4.53. The van der Waals surface area contributed by atoms with Crippen molar-refractivity contribution in [2.24, 2.45) is 0 Å². The molecule has 1 aromatic rings. The van der Waals surface area contributed by atoms with E-state index in [0.717, 1.165) is 18.8 Å². The monoisotopic (exact) mass is 246 g/mol. The van der Waals surface area contributed by atoms with Crippen LogP contribution in [0.15, 0.2) is 36.4 Å². The van der Waals surface area contributed by atoms with Crippen LogP contribution in [0.3, 0.4) is 0 Å². The van der Waals surface area contributed by atoms with Crippen molar-refractivity contribution >= 4 is 0 Å². The van der Waals surface area contributed by atoms with Crippen molar-refractivity contribution in [3.8, 4) is 5.75 Å². The second kappa shape index (κ2) is 7.22. The summed E-state index contributed by atoms with van der Waals surface area (Å²) < 4.78 is 11.0. The molecule has 1 heterocycles. The normalized spacial score (nSPS) is 18.2. The van der Waals surface area contributed by atoms with Gasteiger partial charge in [0.2, 0.25) is 0 Å². The largest absolute Gasteiger partial charge is 0.491 e. The molecule has 98 valence electrons. The first kappa shape index (κ1) is 13.2. The maximum Gasteiger partial charge on any atom is 0.122 e. The Morgan fingerprint density at radius 1 is 1.33 bits per heavy atom. The molecule has 0 aliphatic carbocycles. The van der Waals surface area contributed by atoms with Crippen LogP contribution in [0.1, 0.15) is 31.7 Å². The summed E-state index contributed by atoms with van der Waals surface area (Å²) in [4.78, 5) is 0. The van der Waals surface area contributed by atoms with Gasteiger partial charge < -0.3 is 9.47 Å².